The van der Waals surface area contributed by atoms with Crippen molar-refractivity contribution >= 4 is 21.9 Å². The number of halogens is 1. The van der Waals surface area contributed by atoms with Crippen LogP contribution < -0.4 is 0 Å². The van der Waals surface area contributed by atoms with E-state index in [1.54, 1.807) is 6.07 Å². The predicted molar refractivity (Wildman–Crippen MR) is 45.5 cm³/mol. The SMILES string of the molecule is C#CCOC(=O)c1ccc(Br)o1. The van der Waals surface area contributed by atoms with E-state index in [0.717, 1.165) is 0 Å². The lowest BCUT2D eigenvalue weighted by atomic mass is 10.5. The lowest BCUT2D eigenvalue weighted by Gasteiger charge is -1.95. The van der Waals surface area contributed by atoms with Gasteiger partial charge in [-0.1, -0.05) is 5.92 Å². The first-order valence-corrected chi connectivity index (χ1v) is 3.89. The molecule has 1 aromatic heterocycles. The lowest BCUT2D eigenvalue weighted by molar-refractivity contribution is 0.0519. The first-order chi connectivity index (χ1) is 5.74. The Morgan fingerprint density at radius 1 is 1.75 bits per heavy atom. The maximum atomic E-state index is 11.0. The lowest BCUT2D eigenvalue weighted by Crippen LogP contribution is -2.03. The number of hydrogen-bond acceptors (Lipinski definition) is 3. The average molecular weight is 229 g/mol. The molecule has 0 atom stereocenters. The van der Waals surface area contributed by atoms with E-state index in [0.29, 0.717) is 4.67 Å². The van der Waals surface area contributed by atoms with Crippen molar-refractivity contribution in [2.75, 3.05) is 6.61 Å². The van der Waals surface area contributed by atoms with Crippen LogP contribution in [-0.4, -0.2) is 12.6 Å². The fraction of sp³-hybridized carbons (Fsp3) is 0.125. The van der Waals surface area contributed by atoms with Crippen molar-refractivity contribution in [2.45, 2.75) is 0 Å². The highest BCUT2D eigenvalue weighted by atomic mass is 79.9. The van der Waals surface area contributed by atoms with Crippen LogP contribution in [0.4, 0.5) is 0 Å². The van der Waals surface area contributed by atoms with Gasteiger partial charge >= 0.3 is 5.97 Å². The zero-order valence-electron chi connectivity index (χ0n) is 6.04. The molecule has 0 aliphatic heterocycles. The second-order valence-corrected chi connectivity index (χ2v) is 2.67. The number of esters is 1. The summed E-state index contributed by atoms with van der Waals surface area (Å²) >= 11 is 3.05. The minimum Gasteiger partial charge on any atom is -0.447 e. The van der Waals surface area contributed by atoms with Crippen LogP contribution in [0, 0.1) is 12.3 Å². The van der Waals surface area contributed by atoms with Gasteiger partial charge in [0.05, 0.1) is 0 Å². The molecule has 0 aromatic carbocycles. The largest absolute Gasteiger partial charge is 0.447 e. The molecule has 0 aliphatic rings. The van der Waals surface area contributed by atoms with Crippen molar-refractivity contribution < 1.29 is 13.9 Å². The highest BCUT2D eigenvalue weighted by Gasteiger charge is 2.10. The monoisotopic (exact) mass is 228 g/mol. The van der Waals surface area contributed by atoms with E-state index in [-0.39, 0.29) is 12.4 Å². The van der Waals surface area contributed by atoms with E-state index in [1.165, 1.54) is 6.07 Å². The molecule has 4 heteroatoms. The Hall–Kier alpha value is -1.21. The van der Waals surface area contributed by atoms with Crippen LogP contribution in [-0.2, 0) is 4.74 Å². The third-order valence-electron chi connectivity index (χ3n) is 1.06. The Bertz CT molecular complexity index is 321. The van der Waals surface area contributed by atoms with Crippen molar-refractivity contribution in [1.29, 1.82) is 0 Å². The molecule has 0 unspecified atom stereocenters. The van der Waals surface area contributed by atoms with Gasteiger partial charge < -0.3 is 9.15 Å². The Balaban J connectivity index is 2.61. The van der Waals surface area contributed by atoms with Gasteiger partial charge in [0.1, 0.15) is 0 Å². The summed E-state index contributed by atoms with van der Waals surface area (Å²) in [4.78, 5) is 11.0. The summed E-state index contributed by atoms with van der Waals surface area (Å²) < 4.78 is 10.00. The first kappa shape index (κ1) is 8.88. The Kier molecular flexibility index (Phi) is 2.94. The Labute approximate surface area is 77.8 Å². The second-order valence-electron chi connectivity index (χ2n) is 1.88. The summed E-state index contributed by atoms with van der Waals surface area (Å²) in [6.07, 6.45) is 4.89. The molecule has 1 rings (SSSR count). The van der Waals surface area contributed by atoms with Gasteiger partial charge in [0.2, 0.25) is 5.76 Å². The molecule has 0 radical (unpaired) electrons. The van der Waals surface area contributed by atoms with E-state index in [4.69, 9.17) is 10.8 Å². The van der Waals surface area contributed by atoms with Crippen LogP contribution in [0.5, 0.6) is 0 Å². The maximum absolute atomic E-state index is 11.0. The molecule has 0 saturated carbocycles. The fourth-order valence-electron chi connectivity index (χ4n) is 0.602. The van der Waals surface area contributed by atoms with Crippen molar-refractivity contribution in [1.82, 2.24) is 0 Å². The second kappa shape index (κ2) is 3.98. The van der Waals surface area contributed by atoms with E-state index in [1.807, 2.05) is 0 Å². The molecule has 3 nitrogen and oxygen atoms in total. The highest BCUT2D eigenvalue weighted by molar-refractivity contribution is 9.10. The molecule has 0 spiro atoms. The van der Waals surface area contributed by atoms with Gasteiger partial charge in [-0.05, 0) is 28.1 Å². The zero-order valence-corrected chi connectivity index (χ0v) is 7.63. The molecule has 0 N–H and O–H groups in total. The molecule has 0 bridgehead atoms. The Morgan fingerprint density at radius 2 is 2.50 bits per heavy atom. The number of furan rings is 1. The van der Waals surface area contributed by atoms with Gasteiger partial charge in [-0.25, -0.2) is 4.79 Å². The van der Waals surface area contributed by atoms with Crippen LogP contribution in [0.3, 0.4) is 0 Å². The maximum Gasteiger partial charge on any atom is 0.375 e. The summed E-state index contributed by atoms with van der Waals surface area (Å²) in [5.74, 6) is 1.76. The van der Waals surface area contributed by atoms with Crippen LogP contribution in [0.1, 0.15) is 10.6 Å². The minimum absolute atomic E-state index is 0.0445. The van der Waals surface area contributed by atoms with Crippen LogP contribution in [0.2, 0.25) is 0 Å². The van der Waals surface area contributed by atoms with Gasteiger partial charge in [0.25, 0.3) is 0 Å². The minimum atomic E-state index is -0.557. The number of carbonyl (C=O) groups is 1. The van der Waals surface area contributed by atoms with E-state index < -0.39 is 5.97 Å². The van der Waals surface area contributed by atoms with Crippen molar-refractivity contribution in [3.63, 3.8) is 0 Å². The van der Waals surface area contributed by atoms with Gasteiger partial charge in [-0.3, -0.25) is 0 Å². The van der Waals surface area contributed by atoms with Crippen molar-refractivity contribution in [3.05, 3.63) is 22.6 Å². The molecule has 0 saturated heterocycles. The number of hydrogen-bond donors (Lipinski definition) is 0. The van der Waals surface area contributed by atoms with E-state index in [2.05, 4.69) is 26.6 Å². The predicted octanol–water partition coefficient (Wildman–Crippen LogP) is 1.83. The molecule has 12 heavy (non-hydrogen) atoms. The molecule has 1 aromatic rings. The van der Waals surface area contributed by atoms with Gasteiger partial charge in [-0.2, -0.15) is 0 Å². The molecular formula is C8H5BrO3. The molecule has 62 valence electrons. The highest BCUT2D eigenvalue weighted by Crippen LogP contribution is 2.14. The van der Waals surface area contributed by atoms with Crippen molar-refractivity contribution in [3.8, 4) is 12.3 Å². The fourth-order valence-corrected chi connectivity index (χ4v) is 0.909. The normalized spacial score (nSPS) is 9.00. The van der Waals surface area contributed by atoms with E-state index in [9.17, 15) is 4.79 Å². The summed E-state index contributed by atoms with van der Waals surface area (Å²) in [6, 6.07) is 3.11. The third kappa shape index (κ3) is 2.14. The molecule has 0 amide bonds. The standard InChI is InChI=1S/C8H5BrO3/c1-2-5-11-8(10)6-3-4-7(9)12-6/h1,3-4H,5H2. The first-order valence-electron chi connectivity index (χ1n) is 3.10. The van der Waals surface area contributed by atoms with Crippen LogP contribution >= 0.6 is 15.9 Å². The Morgan fingerprint density at radius 3 is 3.00 bits per heavy atom. The third-order valence-corrected chi connectivity index (χ3v) is 1.49. The van der Waals surface area contributed by atoms with E-state index >= 15 is 0 Å². The molecule has 1 heterocycles. The zero-order chi connectivity index (χ0) is 8.97. The average Bonchev–Trinajstić information content (AvgIpc) is 2.47. The smallest absolute Gasteiger partial charge is 0.375 e. The number of ether oxygens (including phenoxy) is 1. The summed E-state index contributed by atoms with van der Waals surface area (Å²) in [5, 5.41) is 0. The number of rotatable bonds is 2. The summed E-state index contributed by atoms with van der Waals surface area (Å²) in [6.45, 7) is -0.0445. The van der Waals surface area contributed by atoms with Gasteiger partial charge in [0.15, 0.2) is 11.3 Å². The molecular weight excluding hydrogens is 224 g/mol. The summed E-state index contributed by atoms with van der Waals surface area (Å²) in [5.41, 5.74) is 0. The quantitative estimate of drug-likeness (QED) is 0.573. The topological polar surface area (TPSA) is 39.4 Å². The number of carbonyl (C=O) groups excluding carboxylic acids is 1. The van der Waals surface area contributed by atoms with Crippen molar-refractivity contribution in [2.24, 2.45) is 0 Å². The van der Waals surface area contributed by atoms with Crippen LogP contribution in [0.25, 0.3) is 0 Å². The summed E-state index contributed by atoms with van der Waals surface area (Å²) in [7, 11) is 0. The molecule has 0 fully saturated rings. The number of terminal acetylenes is 1. The van der Waals surface area contributed by atoms with Gasteiger partial charge in [-0.15, -0.1) is 6.42 Å². The molecule has 0 aliphatic carbocycles. The van der Waals surface area contributed by atoms with Crippen LogP contribution in [0.15, 0.2) is 21.2 Å². The van der Waals surface area contributed by atoms with Gasteiger partial charge in [0, 0.05) is 0 Å².